The first-order valence-electron chi connectivity index (χ1n) is 14.9. The van der Waals surface area contributed by atoms with Crippen LogP contribution >= 0.6 is 0 Å². The standard InChI is InChI=1S/C27H40N2.C6H18NSi2.Zn/c1-9-22-13-11-14-23(10-2)26(22)28-20(7)17-21(8)29-27-24(18(3)4)15-12-16-25(27)19(5)6;1-8(2,3)7-9(4,5)6;/h11-16,18-21H,9-10,17H2,1-8H3;1-6H3;/q-2;-1;. The van der Waals surface area contributed by atoms with Crippen molar-refractivity contribution in [1.82, 2.24) is 0 Å². The van der Waals surface area contributed by atoms with Crippen LogP contribution in [-0.4, -0.2) is 28.6 Å². The minimum atomic E-state index is -1.11. The topological polar surface area (TPSA) is 42.3 Å². The molecule has 2 aromatic carbocycles. The Balaban J connectivity index is 0.00000124. The number of hydrogen-bond donors (Lipinski definition) is 0. The molecule has 0 N–H and O–H groups in total. The largest absolute Gasteiger partial charge is 0.681 e. The Kier molecular flexibility index (Phi) is 16.7. The molecule has 0 aliphatic rings. The zero-order valence-corrected chi connectivity index (χ0v) is 32.9. The number of hydrogen-bond acceptors (Lipinski definition) is 0. The van der Waals surface area contributed by atoms with Crippen molar-refractivity contribution < 1.29 is 19.5 Å². The average Bonchev–Trinajstić information content (AvgIpc) is 2.76. The van der Waals surface area contributed by atoms with Crippen LogP contribution in [0.15, 0.2) is 36.4 Å². The van der Waals surface area contributed by atoms with E-state index in [4.69, 9.17) is 15.3 Å². The van der Waals surface area contributed by atoms with Gasteiger partial charge in [-0.05, 0) is 24.7 Å². The molecule has 0 aliphatic carbocycles. The van der Waals surface area contributed by atoms with E-state index in [2.05, 4.69) is 131 Å². The third-order valence-corrected chi connectivity index (χ3v) is 11.7. The summed E-state index contributed by atoms with van der Waals surface area (Å²) < 4.78 is 4.82. The second-order valence-corrected chi connectivity index (χ2v) is 22.9. The molecule has 0 radical (unpaired) electrons. The number of para-hydroxylation sites is 2. The van der Waals surface area contributed by atoms with E-state index >= 15 is 0 Å². The fraction of sp³-hybridized carbons (Fsp3) is 0.636. The molecule has 2 atom stereocenters. The Morgan fingerprint density at radius 3 is 1.26 bits per heavy atom. The molecule has 0 amide bonds. The van der Waals surface area contributed by atoms with Crippen LogP contribution in [-0.2, 0) is 32.3 Å². The molecule has 0 heterocycles. The molecular formula is C33H58N3Si2Zn-3. The van der Waals surface area contributed by atoms with E-state index in [1.807, 2.05) is 0 Å². The van der Waals surface area contributed by atoms with Crippen molar-refractivity contribution in [3.05, 3.63) is 73.9 Å². The van der Waals surface area contributed by atoms with Crippen molar-refractivity contribution in [3.8, 4) is 0 Å². The number of rotatable bonds is 12. The summed E-state index contributed by atoms with van der Waals surface area (Å²) in [6, 6.07) is 13.7. The summed E-state index contributed by atoms with van der Waals surface area (Å²) in [4.78, 5) is 0. The van der Waals surface area contributed by atoms with Crippen molar-refractivity contribution in [2.75, 3.05) is 0 Å². The van der Waals surface area contributed by atoms with Gasteiger partial charge in [0, 0.05) is 19.5 Å². The molecule has 2 unspecified atom stereocenters. The number of nitrogens with zero attached hydrogens (tertiary/aromatic N) is 3. The van der Waals surface area contributed by atoms with Crippen molar-refractivity contribution >= 4 is 27.8 Å². The molecule has 218 valence electrons. The maximum absolute atomic E-state index is 5.21. The summed E-state index contributed by atoms with van der Waals surface area (Å²) in [5, 5.41) is 10.3. The minimum absolute atomic E-state index is 0. The zero-order chi connectivity index (χ0) is 29.3. The Morgan fingerprint density at radius 1 is 0.590 bits per heavy atom. The Hall–Kier alpha value is -0.943. The molecule has 2 rings (SSSR count). The fourth-order valence-corrected chi connectivity index (χ4v) is 13.1. The van der Waals surface area contributed by atoms with Gasteiger partial charge in [-0.15, -0.1) is 23.5 Å². The van der Waals surface area contributed by atoms with Gasteiger partial charge in [0.25, 0.3) is 0 Å². The molecule has 3 nitrogen and oxygen atoms in total. The summed E-state index contributed by atoms with van der Waals surface area (Å²) in [6.45, 7) is 31.7. The minimum Gasteiger partial charge on any atom is -0.681 e. The molecular weight excluding hydrogens is 560 g/mol. The molecule has 0 bridgehead atoms. The molecule has 2 aromatic rings. The summed E-state index contributed by atoms with van der Waals surface area (Å²) >= 11 is 0. The van der Waals surface area contributed by atoms with Crippen LogP contribution in [0.1, 0.15) is 95.9 Å². The van der Waals surface area contributed by atoms with E-state index in [0.29, 0.717) is 11.8 Å². The van der Waals surface area contributed by atoms with E-state index in [1.165, 1.54) is 33.6 Å². The van der Waals surface area contributed by atoms with Crippen LogP contribution in [0.3, 0.4) is 0 Å². The van der Waals surface area contributed by atoms with Crippen LogP contribution in [0.2, 0.25) is 39.3 Å². The maximum atomic E-state index is 5.21. The smallest absolute Gasteiger partial charge is 0 e. The molecule has 0 spiro atoms. The fourth-order valence-electron chi connectivity index (χ4n) is 5.09. The normalized spacial score (nSPS) is 13.3. The van der Waals surface area contributed by atoms with Crippen LogP contribution in [0, 0.1) is 0 Å². The Labute approximate surface area is 258 Å². The SMILES string of the molecule is CCc1cccc(CC)c1[N-]C(C)CC(C)[N-]c1c(C(C)C)cccc1C(C)C.C[Si](C)(C)[N-][Si](C)(C)C.[Zn]. The second kappa shape index (κ2) is 17.1. The predicted octanol–water partition coefficient (Wildman–Crippen LogP) is 12.0. The van der Waals surface area contributed by atoms with Crippen LogP contribution in [0.5, 0.6) is 0 Å². The molecule has 0 fully saturated rings. The van der Waals surface area contributed by atoms with E-state index in [0.717, 1.165) is 19.3 Å². The van der Waals surface area contributed by atoms with Gasteiger partial charge < -0.3 is 15.3 Å². The maximum Gasteiger partial charge on any atom is 0 e. The second-order valence-electron chi connectivity index (χ2n) is 13.4. The van der Waals surface area contributed by atoms with E-state index in [9.17, 15) is 0 Å². The predicted molar refractivity (Wildman–Crippen MR) is 179 cm³/mol. The van der Waals surface area contributed by atoms with Crippen molar-refractivity contribution in [1.29, 1.82) is 0 Å². The van der Waals surface area contributed by atoms with Gasteiger partial charge in [0.1, 0.15) is 0 Å². The van der Waals surface area contributed by atoms with Gasteiger partial charge in [0.05, 0.1) is 0 Å². The van der Waals surface area contributed by atoms with Gasteiger partial charge >= 0.3 is 0 Å². The summed E-state index contributed by atoms with van der Waals surface area (Å²) in [7, 11) is -2.21. The molecule has 0 aliphatic heterocycles. The first-order chi connectivity index (χ1) is 17.5. The third kappa shape index (κ3) is 14.0. The van der Waals surface area contributed by atoms with Gasteiger partial charge in [-0.1, -0.05) is 176 Å². The van der Waals surface area contributed by atoms with Gasteiger partial charge in [0.2, 0.25) is 0 Å². The van der Waals surface area contributed by atoms with E-state index in [1.54, 1.807) is 0 Å². The van der Waals surface area contributed by atoms with E-state index in [-0.39, 0.29) is 31.6 Å². The summed E-state index contributed by atoms with van der Waals surface area (Å²) in [5.41, 5.74) is 7.85. The Bertz CT molecular complexity index is 917. The molecule has 0 saturated carbocycles. The van der Waals surface area contributed by atoms with Crippen LogP contribution in [0.25, 0.3) is 15.3 Å². The van der Waals surface area contributed by atoms with E-state index < -0.39 is 16.5 Å². The zero-order valence-electron chi connectivity index (χ0n) is 27.9. The van der Waals surface area contributed by atoms with Crippen molar-refractivity contribution in [2.24, 2.45) is 0 Å². The molecule has 0 saturated heterocycles. The van der Waals surface area contributed by atoms with Crippen molar-refractivity contribution in [3.63, 3.8) is 0 Å². The van der Waals surface area contributed by atoms with Crippen LogP contribution in [0.4, 0.5) is 11.4 Å². The first-order valence-corrected chi connectivity index (χ1v) is 21.8. The van der Waals surface area contributed by atoms with Crippen LogP contribution < -0.4 is 0 Å². The van der Waals surface area contributed by atoms with Crippen molar-refractivity contribution in [2.45, 2.75) is 138 Å². The molecule has 0 aromatic heterocycles. The molecule has 39 heavy (non-hydrogen) atoms. The van der Waals surface area contributed by atoms with Gasteiger partial charge in [-0.25, -0.2) is 0 Å². The quantitative estimate of drug-likeness (QED) is 0.213. The average molecular weight is 618 g/mol. The Morgan fingerprint density at radius 2 is 0.949 bits per heavy atom. The molecule has 6 heteroatoms. The first kappa shape index (κ1) is 38.1. The monoisotopic (exact) mass is 616 g/mol. The summed E-state index contributed by atoms with van der Waals surface area (Å²) in [5.74, 6) is 0.954. The van der Waals surface area contributed by atoms with Gasteiger partial charge in [-0.3, -0.25) is 0 Å². The number of benzene rings is 2. The number of aryl methyl sites for hydroxylation is 2. The van der Waals surface area contributed by atoms with Gasteiger partial charge in [-0.2, -0.15) is 0 Å². The van der Waals surface area contributed by atoms with Gasteiger partial charge in [0.15, 0.2) is 0 Å². The summed E-state index contributed by atoms with van der Waals surface area (Å²) in [6.07, 6.45) is 3.02. The third-order valence-electron chi connectivity index (χ3n) is 6.36.